The molecule has 0 aliphatic rings. The highest BCUT2D eigenvalue weighted by Crippen LogP contribution is 2.09. The minimum Gasteiger partial charge on any atom is -0.462 e. The molecule has 0 heterocycles. The zero-order chi connectivity index (χ0) is 11.1. The first-order chi connectivity index (χ1) is 6.52. The first-order valence-corrected chi connectivity index (χ1v) is 5.48. The predicted octanol–water partition coefficient (Wildman–Crippen LogP) is 2.09. The molecule has 14 heavy (non-hydrogen) atoms. The molecule has 0 radical (unpaired) electrons. The third-order valence-corrected chi connectivity index (χ3v) is 2.54. The van der Waals surface area contributed by atoms with Crippen LogP contribution in [0.1, 0.15) is 47.0 Å². The van der Waals surface area contributed by atoms with Crippen LogP contribution in [-0.4, -0.2) is 18.1 Å². The van der Waals surface area contributed by atoms with Gasteiger partial charge in [0, 0.05) is 0 Å². The summed E-state index contributed by atoms with van der Waals surface area (Å²) >= 11 is 0. The molecule has 0 aromatic carbocycles. The molecular weight excluding hydrogens is 178 g/mol. The van der Waals surface area contributed by atoms with Crippen LogP contribution in [-0.2, 0) is 9.53 Å². The molecule has 3 nitrogen and oxygen atoms in total. The van der Waals surface area contributed by atoms with Crippen molar-refractivity contribution in [1.29, 1.82) is 0 Å². The van der Waals surface area contributed by atoms with Gasteiger partial charge in [0.05, 0.1) is 6.10 Å². The Bertz CT molecular complexity index is 171. The van der Waals surface area contributed by atoms with Crippen molar-refractivity contribution in [3.8, 4) is 0 Å². The number of carbonyl (C=O) groups excluding carboxylic acids is 1. The Morgan fingerprint density at radius 2 is 1.93 bits per heavy atom. The van der Waals surface area contributed by atoms with Gasteiger partial charge < -0.3 is 10.5 Å². The maximum absolute atomic E-state index is 11.5. The summed E-state index contributed by atoms with van der Waals surface area (Å²) in [5.41, 5.74) is 5.74. The Morgan fingerprint density at radius 3 is 2.36 bits per heavy atom. The fourth-order valence-corrected chi connectivity index (χ4v) is 1.23. The first kappa shape index (κ1) is 13.4. The molecule has 0 aliphatic heterocycles. The zero-order valence-corrected chi connectivity index (χ0v) is 9.75. The van der Waals surface area contributed by atoms with Gasteiger partial charge in [-0.25, -0.2) is 0 Å². The molecule has 0 aliphatic carbocycles. The first-order valence-electron chi connectivity index (χ1n) is 5.48. The van der Waals surface area contributed by atoms with E-state index < -0.39 is 6.04 Å². The van der Waals surface area contributed by atoms with Crippen LogP contribution >= 0.6 is 0 Å². The molecule has 0 spiro atoms. The van der Waals surface area contributed by atoms with Crippen LogP contribution < -0.4 is 5.73 Å². The Kier molecular flexibility index (Phi) is 6.54. The second-order valence-corrected chi connectivity index (χ2v) is 3.95. The number of hydrogen-bond acceptors (Lipinski definition) is 3. The number of rotatable bonds is 6. The minimum absolute atomic E-state index is 0.0115. The Morgan fingerprint density at radius 1 is 1.36 bits per heavy atom. The van der Waals surface area contributed by atoms with E-state index in [1.165, 1.54) is 0 Å². The zero-order valence-electron chi connectivity index (χ0n) is 9.75. The fraction of sp³-hybridized carbons (Fsp3) is 0.909. The van der Waals surface area contributed by atoms with Crippen molar-refractivity contribution in [1.82, 2.24) is 0 Å². The Balaban J connectivity index is 3.94. The normalized spacial score (nSPS) is 17.2. The topological polar surface area (TPSA) is 52.3 Å². The van der Waals surface area contributed by atoms with Crippen LogP contribution in [0, 0.1) is 5.92 Å². The molecule has 0 fully saturated rings. The molecule has 0 aromatic heterocycles. The van der Waals surface area contributed by atoms with E-state index in [1.54, 1.807) is 0 Å². The number of hydrogen-bond donors (Lipinski definition) is 1. The maximum atomic E-state index is 11.5. The van der Waals surface area contributed by atoms with Crippen LogP contribution in [0.5, 0.6) is 0 Å². The fourth-order valence-electron chi connectivity index (χ4n) is 1.23. The van der Waals surface area contributed by atoms with Crippen LogP contribution in [0.25, 0.3) is 0 Å². The molecule has 0 saturated heterocycles. The van der Waals surface area contributed by atoms with Crippen LogP contribution in [0.2, 0.25) is 0 Å². The van der Waals surface area contributed by atoms with Crippen molar-refractivity contribution in [2.24, 2.45) is 11.7 Å². The van der Waals surface area contributed by atoms with Crippen LogP contribution in [0.3, 0.4) is 0 Å². The van der Waals surface area contributed by atoms with E-state index in [9.17, 15) is 4.79 Å². The van der Waals surface area contributed by atoms with Gasteiger partial charge >= 0.3 is 5.97 Å². The van der Waals surface area contributed by atoms with E-state index in [0.717, 1.165) is 19.3 Å². The predicted molar refractivity (Wildman–Crippen MR) is 57.9 cm³/mol. The highest BCUT2D eigenvalue weighted by Gasteiger charge is 2.22. The molecule has 0 rings (SSSR count). The summed E-state index contributed by atoms with van der Waals surface area (Å²) in [6, 6.07) is -0.473. The molecule has 84 valence electrons. The van der Waals surface area contributed by atoms with Crippen molar-refractivity contribution in [2.45, 2.75) is 59.1 Å². The SMILES string of the molecule is CCCC(C)OC(=O)C(N)C(C)CC. The van der Waals surface area contributed by atoms with Gasteiger partial charge in [-0.2, -0.15) is 0 Å². The summed E-state index contributed by atoms with van der Waals surface area (Å²) in [6.07, 6.45) is 2.81. The van der Waals surface area contributed by atoms with Gasteiger partial charge in [-0.1, -0.05) is 33.6 Å². The number of esters is 1. The molecular formula is C11H23NO2. The largest absolute Gasteiger partial charge is 0.462 e. The average Bonchev–Trinajstić information content (AvgIpc) is 2.15. The summed E-state index contributed by atoms with van der Waals surface area (Å²) < 4.78 is 5.21. The van der Waals surface area contributed by atoms with Gasteiger partial charge in [0.1, 0.15) is 6.04 Å². The van der Waals surface area contributed by atoms with Crippen molar-refractivity contribution < 1.29 is 9.53 Å². The van der Waals surface area contributed by atoms with E-state index >= 15 is 0 Å². The lowest BCUT2D eigenvalue weighted by Crippen LogP contribution is -2.39. The molecule has 0 bridgehead atoms. The summed E-state index contributed by atoms with van der Waals surface area (Å²) in [7, 11) is 0. The number of carbonyl (C=O) groups is 1. The molecule has 0 amide bonds. The summed E-state index contributed by atoms with van der Waals surface area (Å²) in [5.74, 6) is -0.0726. The van der Waals surface area contributed by atoms with Gasteiger partial charge in [0.25, 0.3) is 0 Å². The highest BCUT2D eigenvalue weighted by molar-refractivity contribution is 5.75. The van der Waals surface area contributed by atoms with Crippen LogP contribution in [0.4, 0.5) is 0 Å². The Labute approximate surface area is 87.0 Å². The van der Waals surface area contributed by atoms with Crippen LogP contribution in [0.15, 0.2) is 0 Å². The monoisotopic (exact) mass is 201 g/mol. The summed E-state index contributed by atoms with van der Waals surface area (Å²) in [4.78, 5) is 11.5. The third-order valence-electron chi connectivity index (χ3n) is 2.54. The van der Waals surface area contributed by atoms with Gasteiger partial charge in [-0.05, 0) is 19.3 Å². The molecule has 3 heteroatoms. The quantitative estimate of drug-likeness (QED) is 0.669. The molecule has 3 atom stereocenters. The second-order valence-electron chi connectivity index (χ2n) is 3.95. The van der Waals surface area contributed by atoms with Gasteiger partial charge in [-0.3, -0.25) is 4.79 Å². The lowest BCUT2D eigenvalue weighted by Gasteiger charge is -2.19. The van der Waals surface area contributed by atoms with E-state index in [-0.39, 0.29) is 18.0 Å². The highest BCUT2D eigenvalue weighted by atomic mass is 16.5. The smallest absolute Gasteiger partial charge is 0.323 e. The average molecular weight is 201 g/mol. The minimum atomic E-state index is -0.473. The Hall–Kier alpha value is -0.570. The van der Waals surface area contributed by atoms with E-state index in [0.29, 0.717) is 0 Å². The van der Waals surface area contributed by atoms with E-state index in [1.807, 2.05) is 20.8 Å². The van der Waals surface area contributed by atoms with Gasteiger partial charge in [-0.15, -0.1) is 0 Å². The lowest BCUT2D eigenvalue weighted by molar-refractivity contribution is -0.151. The summed E-state index contributed by atoms with van der Waals surface area (Å²) in [5, 5.41) is 0. The van der Waals surface area contributed by atoms with Crippen molar-refractivity contribution in [2.75, 3.05) is 0 Å². The summed E-state index contributed by atoms with van der Waals surface area (Å²) in [6.45, 7) is 7.97. The maximum Gasteiger partial charge on any atom is 0.323 e. The molecule has 2 N–H and O–H groups in total. The lowest BCUT2D eigenvalue weighted by atomic mass is 10.0. The standard InChI is InChI=1S/C11H23NO2/c1-5-7-9(4)14-11(13)10(12)8(3)6-2/h8-10H,5-7,12H2,1-4H3. The van der Waals surface area contributed by atoms with E-state index in [4.69, 9.17) is 10.5 Å². The third kappa shape index (κ3) is 4.61. The number of ether oxygens (including phenoxy) is 1. The molecule has 0 saturated carbocycles. The van der Waals surface area contributed by atoms with Crippen molar-refractivity contribution in [3.05, 3.63) is 0 Å². The molecule has 0 aromatic rings. The second kappa shape index (κ2) is 6.82. The molecule has 3 unspecified atom stereocenters. The van der Waals surface area contributed by atoms with Crippen molar-refractivity contribution in [3.63, 3.8) is 0 Å². The number of nitrogens with two attached hydrogens (primary N) is 1. The van der Waals surface area contributed by atoms with Crippen molar-refractivity contribution >= 4 is 5.97 Å². The van der Waals surface area contributed by atoms with Gasteiger partial charge in [0.15, 0.2) is 0 Å². The van der Waals surface area contributed by atoms with Gasteiger partial charge in [0.2, 0.25) is 0 Å². The van der Waals surface area contributed by atoms with E-state index in [2.05, 4.69) is 6.92 Å².